The zero-order valence-corrected chi connectivity index (χ0v) is 14.2. The fourth-order valence-electron chi connectivity index (χ4n) is 2.86. The van der Waals surface area contributed by atoms with Gasteiger partial charge >= 0.3 is 11.9 Å². The van der Waals surface area contributed by atoms with E-state index in [9.17, 15) is 18.7 Å². The lowest BCUT2D eigenvalue weighted by Gasteiger charge is -2.45. The van der Waals surface area contributed by atoms with Crippen molar-refractivity contribution in [2.75, 3.05) is 11.5 Å². The smallest absolute Gasteiger partial charge is 0.334 e. The molecule has 6 nitrogen and oxygen atoms in total. The topological polar surface area (TPSA) is 93.1 Å². The predicted octanol–water partition coefficient (Wildman–Crippen LogP) is 3.26. The van der Waals surface area contributed by atoms with Crippen LogP contribution in [0.2, 0.25) is 0 Å². The summed E-state index contributed by atoms with van der Waals surface area (Å²) in [7, 11) is -2.55. The van der Waals surface area contributed by atoms with Gasteiger partial charge < -0.3 is 9.47 Å². The molecule has 2 fully saturated rings. The minimum atomic E-state index is -2.55. The summed E-state index contributed by atoms with van der Waals surface area (Å²) in [5.74, 6) is -0.980. The minimum absolute atomic E-state index is 0.0456. The molecular formula is C16H26O6S. The Kier molecular flexibility index (Phi) is 6.50. The van der Waals surface area contributed by atoms with Gasteiger partial charge in [-0.2, -0.15) is 10.6 Å². The first-order chi connectivity index (χ1) is 10.9. The van der Waals surface area contributed by atoms with Gasteiger partial charge in [-0.15, -0.1) is 0 Å². The molecular weight excluding hydrogens is 320 g/mol. The summed E-state index contributed by atoms with van der Waals surface area (Å²) in [6.07, 6.45) is 6.74. The standard InChI is InChI=1S/C16H26O6S/c1-12(16(18)22-14-10-23(19,20)11-14)9-15(17)21-13-7-5-3-2-4-6-8-13/h13-14,19-20H,1-11H2. The van der Waals surface area contributed by atoms with Crippen LogP contribution in [0.15, 0.2) is 12.2 Å². The maximum Gasteiger partial charge on any atom is 0.334 e. The van der Waals surface area contributed by atoms with Gasteiger partial charge in [0.05, 0.1) is 17.9 Å². The average molecular weight is 346 g/mol. The van der Waals surface area contributed by atoms with Crippen LogP contribution in [0, 0.1) is 0 Å². The number of carbonyl (C=O) groups is 2. The molecule has 0 radical (unpaired) electrons. The average Bonchev–Trinajstić information content (AvgIpc) is 2.39. The summed E-state index contributed by atoms with van der Waals surface area (Å²) in [6, 6.07) is 0. The summed E-state index contributed by atoms with van der Waals surface area (Å²) >= 11 is 0. The summed E-state index contributed by atoms with van der Waals surface area (Å²) in [6.45, 7) is 3.58. The molecule has 2 rings (SSSR count). The molecule has 0 atom stereocenters. The highest BCUT2D eigenvalue weighted by atomic mass is 32.3. The van der Waals surface area contributed by atoms with E-state index >= 15 is 0 Å². The Morgan fingerprint density at radius 2 is 1.52 bits per heavy atom. The van der Waals surface area contributed by atoms with E-state index in [1.165, 1.54) is 19.3 Å². The van der Waals surface area contributed by atoms with Crippen molar-refractivity contribution in [3.05, 3.63) is 12.2 Å². The highest BCUT2D eigenvalue weighted by molar-refractivity contribution is 8.25. The third kappa shape index (κ3) is 6.16. The molecule has 1 saturated carbocycles. The van der Waals surface area contributed by atoms with Crippen molar-refractivity contribution in [1.82, 2.24) is 0 Å². The van der Waals surface area contributed by atoms with E-state index in [0.717, 1.165) is 25.7 Å². The molecule has 132 valence electrons. The van der Waals surface area contributed by atoms with Gasteiger partial charge in [0.25, 0.3) is 0 Å². The summed E-state index contributed by atoms with van der Waals surface area (Å²) in [5.41, 5.74) is 0.0456. The van der Waals surface area contributed by atoms with E-state index in [1.807, 2.05) is 0 Å². The maximum atomic E-state index is 11.9. The number of rotatable bonds is 5. The normalized spacial score (nSPS) is 23.7. The second-order valence-corrected chi connectivity index (χ2v) is 8.67. The van der Waals surface area contributed by atoms with Gasteiger partial charge in [0, 0.05) is 5.57 Å². The van der Waals surface area contributed by atoms with Crippen molar-refractivity contribution < 1.29 is 28.2 Å². The molecule has 0 bridgehead atoms. The molecule has 2 N–H and O–H groups in total. The van der Waals surface area contributed by atoms with Crippen molar-refractivity contribution in [2.45, 2.75) is 63.6 Å². The van der Waals surface area contributed by atoms with Gasteiger partial charge in [-0.1, -0.05) is 25.8 Å². The molecule has 1 heterocycles. The van der Waals surface area contributed by atoms with Crippen LogP contribution in [0.4, 0.5) is 0 Å². The molecule has 2 aliphatic rings. The molecule has 0 amide bonds. The Hall–Kier alpha value is -1.05. The number of carbonyl (C=O) groups excluding carboxylic acids is 2. The van der Waals surface area contributed by atoms with Gasteiger partial charge in [-0.25, -0.2) is 4.79 Å². The first-order valence-corrected chi connectivity index (χ1v) is 10.1. The third-order valence-electron chi connectivity index (χ3n) is 4.18. The van der Waals surface area contributed by atoms with Crippen molar-refractivity contribution in [2.24, 2.45) is 0 Å². The fraction of sp³-hybridized carbons (Fsp3) is 0.750. The van der Waals surface area contributed by atoms with E-state index in [0.29, 0.717) is 0 Å². The molecule has 1 aliphatic carbocycles. The number of ether oxygens (including phenoxy) is 2. The van der Waals surface area contributed by atoms with Crippen molar-refractivity contribution in [3.63, 3.8) is 0 Å². The first kappa shape index (κ1) is 18.3. The van der Waals surface area contributed by atoms with Gasteiger partial charge in [-0.05, 0) is 25.7 Å². The van der Waals surface area contributed by atoms with E-state index in [-0.39, 0.29) is 29.6 Å². The van der Waals surface area contributed by atoms with Gasteiger partial charge in [0.2, 0.25) is 0 Å². The number of hydrogen-bond acceptors (Lipinski definition) is 6. The number of esters is 2. The Balaban J connectivity index is 1.69. The van der Waals surface area contributed by atoms with Crippen LogP contribution in [-0.2, 0) is 19.1 Å². The monoisotopic (exact) mass is 346 g/mol. The second-order valence-electron chi connectivity index (χ2n) is 6.40. The lowest BCUT2D eigenvalue weighted by atomic mass is 9.98. The minimum Gasteiger partial charge on any atom is -0.462 e. The van der Waals surface area contributed by atoms with Crippen LogP contribution in [0.5, 0.6) is 0 Å². The van der Waals surface area contributed by atoms with E-state index in [4.69, 9.17) is 9.47 Å². The molecule has 23 heavy (non-hydrogen) atoms. The maximum absolute atomic E-state index is 11.9. The van der Waals surface area contributed by atoms with Gasteiger partial charge in [-0.3, -0.25) is 13.9 Å². The third-order valence-corrected chi connectivity index (χ3v) is 5.99. The lowest BCUT2D eigenvalue weighted by molar-refractivity contribution is -0.152. The number of hydrogen-bond donors (Lipinski definition) is 2. The molecule has 0 aromatic heterocycles. The van der Waals surface area contributed by atoms with Crippen LogP contribution >= 0.6 is 10.6 Å². The van der Waals surface area contributed by atoms with E-state index < -0.39 is 28.6 Å². The van der Waals surface area contributed by atoms with Crippen LogP contribution in [0.3, 0.4) is 0 Å². The van der Waals surface area contributed by atoms with Gasteiger partial charge in [0.15, 0.2) is 0 Å². The van der Waals surface area contributed by atoms with E-state index in [2.05, 4.69) is 6.58 Å². The molecule has 0 aromatic rings. The SMILES string of the molecule is C=C(CC(=O)OC1CCCCCCC1)C(=O)OC1CS(O)(O)C1. The summed E-state index contributed by atoms with van der Waals surface area (Å²) in [4.78, 5) is 23.7. The Morgan fingerprint density at radius 3 is 2.09 bits per heavy atom. The highest BCUT2D eigenvalue weighted by Gasteiger charge is 2.37. The van der Waals surface area contributed by atoms with Crippen molar-refractivity contribution in [3.8, 4) is 0 Å². The molecule has 0 aromatic carbocycles. The largest absolute Gasteiger partial charge is 0.462 e. The van der Waals surface area contributed by atoms with Crippen LogP contribution < -0.4 is 0 Å². The second kappa shape index (κ2) is 8.17. The molecule has 7 heteroatoms. The molecule has 1 saturated heterocycles. The zero-order valence-electron chi connectivity index (χ0n) is 13.4. The summed E-state index contributed by atoms with van der Waals surface area (Å²) in [5, 5.41) is 0. The molecule has 1 aliphatic heterocycles. The highest BCUT2D eigenvalue weighted by Crippen LogP contribution is 2.49. The predicted molar refractivity (Wildman–Crippen MR) is 88.4 cm³/mol. The molecule has 0 unspecified atom stereocenters. The fourth-order valence-corrected chi connectivity index (χ4v) is 4.09. The zero-order chi connectivity index (χ0) is 16.9. The van der Waals surface area contributed by atoms with Crippen LogP contribution in [-0.4, -0.2) is 44.8 Å². The van der Waals surface area contributed by atoms with Gasteiger partial charge in [0.1, 0.15) is 12.2 Å². The lowest BCUT2D eigenvalue weighted by Crippen LogP contribution is -2.41. The first-order valence-electron chi connectivity index (χ1n) is 8.17. The summed E-state index contributed by atoms with van der Waals surface area (Å²) < 4.78 is 29.0. The van der Waals surface area contributed by atoms with Crippen molar-refractivity contribution in [1.29, 1.82) is 0 Å². The molecule has 0 spiro atoms. The Bertz CT molecular complexity index is 445. The quantitative estimate of drug-likeness (QED) is 0.586. The van der Waals surface area contributed by atoms with Crippen LogP contribution in [0.25, 0.3) is 0 Å². The van der Waals surface area contributed by atoms with E-state index in [1.54, 1.807) is 0 Å². The Labute approximate surface area is 138 Å². The Morgan fingerprint density at radius 1 is 0.957 bits per heavy atom. The van der Waals surface area contributed by atoms with Crippen molar-refractivity contribution >= 4 is 22.5 Å². The van der Waals surface area contributed by atoms with Crippen LogP contribution in [0.1, 0.15) is 51.4 Å².